The summed E-state index contributed by atoms with van der Waals surface area (Å²) in [6, 6.07) is 0. The average Bonchev–Trinajstić information content (AvgIpc) is 2.65. The zero-order valence-electron chi connectivity index (χ0n) is 20.2. The predicted molar refractivity (Wildman–Crippen MR) is 148 cm³/mol. The molecule has 168 valence electrons. The molecule has 0 spiro atoms. The third kappa shape index (κ3) is 4.42. The Hall–Kier alpha value is -3.06. The molecule has 0 aromatic rings. The lowest BCUT2D eigenvalue weighted by atomic mass is 9.09. The van der Waals surface area contributed by atoms with Gasteiger partial charge in [0.05, 0.1) is 6.15 Å². The third-order valence-electron chi connectivity index (χ3n) is 7.51. The number of hydrogen-bond acceptors (Lipinski definition) is 0. The molecule has 0 fully saturated rings. The highest BCUT2D eigenvalue weighted by molar-refractivity contribution is 7.04. The minimum Gasteiger partial charge on any atom is -0.214 e. The molecular formula is C32H36B-. The van der Waals surface area contributed by atoms with E-state index in [4.69, 9.17) is 0 Å². The summed E-state index contributed by atoms with van der Waals surface area (Å²) < 4.78 is 0. The van der Waals surface area contributed by atoms with Crippen molar-refractivity contribution in [1.82, 2.24) is 0 Å². The van der Waals surface area contributed by atoms with Crippen molar-refractivity contribution in [3.63, 3.8) is 0 Å². The molecular weight excluding hydrogens is 395 g/mol. The van der Waals surface area contributed by atoms with Gasteiger partial charge in [-0.15, -0.1) is 0 Å². The van der Waals surface area contributed by atoms with Gasteiger partial charge in [0.25, 0.3) is 0 Å². The third-order valence-corrected chi connectivity index (χ3v) is 7.51. The molecule has 0 heterocycles. The molecule has 0 atom stereocenters. The Balaban J connectivity index is 2.10. The maximum absolute atomic E-state index is 4.40. The molecule has 0 radical (unpaired) electrons. The van der Waals surface area contributed by atoms with E-state index < -0.39 is 6.15 Å². The van der Waals surface area contributed by atoms with Crippen molar-refractivity contribution in [3.05, 3.63) is 143 Å². The first-order valence-corrected chi connectivity index (χ1v) is 11.9. The summed E-state index contributed by atoms with van der Waals surface area (Å²) in [5.74, 6) is 0. The van der Waals surface area contributed by atoms with Crippen molar-refractivity contribution in [2.75, 3.05) is 0 Å². The van der Waals surface area contributed by atoms with Crippen LogP contribution in [0.5, 0.6) is 0 Å². The zero-order chi connectivity index (χ0) is 23.9. The molecule has 4 aliphatic carbocycles. The van der Waals surface area contributed by atoms with Gasteiger partial charge in [-0.05, 0) is 51.4 Å². The fraction of sp³-hybridized carbons (Fsp3) is 0.250. The van der Waals surface area contributed by atoms with E-state index >= 15 is 0 Å². The maximum atomic E-state index is 4.40. The van der Waals surface area contributed by atoms with E-state index in [0.29, 0.717) is 0 Å². The van der Waals surface area contributed by atoms with Crippen molar-refractivity contribution in [2.24, 2.45) is 0 Å². The van der Waals surface area contributed by atoms with E-state index in [-0.39, 0.29) is 0 Å². The van der Waals surface area contributed by atoms with Crippen LogP contribution in [-0.2, 0) is 0 Å². The second-order valence-electron chi connectivity index (χ2n) is 10.8. The average molecular weight is 431 g/mol. The van der Waals surface area contributed by atoms with Gasteiger partial charge >= 0.3 is 0 Å². The summed E-state index contributed by atoms with van der Waals surface area (Å²) in [6.45, 7) is 35.0. The fourth-order valence-electron chi connectivity index (χ4n) is 6.69. The minimum absolute atomic E-state index is 0.866. The van der Waals surface area contributed by atoms with E-state index in [0.717, 1.165) is 73.7 Å². The summed E-state index contributed by atoms with van der Waals surface area (Å²) in [5, 5.41) is 0. The van der Waals surface area contributed by atoms with Crippen molar-refractivity contribution in [3.8, 4) is 0 Å². The first-order valence-electron chi connectivity index (χ1n) is 11.9. The molecule has 0 unspecified atom stereocenters. The van der Waals surface area contributed by atoms with Gasteiger partial charge < -0.3 is 0 Å². The summed E-state index contributed by atoms with van der Waals surface area (Å²) in [7, 11) is 0. The van der Waals surface area contributed by atoms with Crippen LogP contribution in [-0.4, -0.2) is 6.15 Å². The normalized spacial score (nSPS) is 22.8. The standard InChI is InChI=1S/C32H36B/c1-21-9-22(2)14-29(13-21)33(30-15-23(3)10-24(4)16-30,31-17-25(5)11-26(6)18-31)32-19-27(7)12-28(8)20-32/h13,15,17,19H,1-12,14,16,18,20H2/q-1. The molecule has 0 saturated carbocycles. The first-order chi connectivity index (χ1) is 15.6. The molecule has 33 heavy (non-hydrogen) atoms. The summed E-state index contributed by atoms with van der Waals surface area (Å²) in [4.78, 5) is 0. The molecule has 0 nitrogen and oxygen atoms in total. The van der Waals surface area contributed by atoms with Gasteiger partial charge in [-0.25, -0.2) is 21.9 Å². The van der Waals surface area contributed by atoms with Crippen LogP contribution in [0.15, 0.2) is 143 Å². The lowest BCUT2D eigenvalue weighted by Gasteiger charge is -2.55. The van der Waals surface area contributed by atoms with Gasteiger partial charge in [-0.3, -0.25) is 0 Å². The molecule has 0 amide bonds. The quantitative estimate of drug-likeness (QED) is 0.308. The van der Waals surface area contributed by atoms with Gasteiger partial charge in [0, 0.05) is 0 Å². The Morgan fingerprint density at radius 1 is 0.364 bits per heavy atom. The molecule has 0 N–H and O–H groups in total. The summed E-state index contributed by atoms with van der Waals surface area (Å²) in [6.07, 6.45) is 15.0. The van der Waals surface area contributed by atoms with E-state index in [2.05, 4.69) is 76.9 Å². The zero-order valence-corrected chi connectivity index (χ0v) is 20.2. The minimum atomic E-state index is -1.39. The van der Waals surface area contributed by atoms with Gasteiger partial charge in [0.2, 0.25) is 0 Å². The summed E-state index contributed by atoms with van der Waals surface area (Å²) in [5.41, 5.74) is 15.0. The van der Waals surface area contributed by atoms with Crippen LogP contribution in [0.25, 0.3) is 0 Å². The monoisotopic (exact) mass is 431 g/mol. The van der Waals surface area contributed by atoms with Crippen LogP contribution in [0.4, 0.5) is 0 Å². The van der Waals surface area contributed by atoms with Gasteiger partial charge in [0.1, 0.15) is 0 Å². The Kier molecular flexibility index (Phi) is 6.10. The largest absolute Gasteiger partial charge is 0.214 e. The topological polar surface area (TPSA) is 0 Å². The number of rotatable bonds is 4. The van der Waals surface area contributed by atoms with Crippen LogP contribution < -0.4 is 0 Å². The lowest BCUT2D eigenvalue weighted by Crippen LogP contribution is -2.48. The van der Waals surface area contributed by atoms with Crippen LogP contribution >= 0.6 is 0 Å². The smallest absolute Gasteiger partial charge is 0.0925 e. The van der Waals surface area contributed by atoms with E-state index in [1.54, 1.807) is 0 Å². The van der Waals surface area contributed by atoms with Crippen LogP contribution in [0.1, 0.15) is 51.4 Å². The number of allylic oxidation sites excluding steroid dienone is 16. The van der Waals surface area contributed by atoms with Crippen molar-refractivity contribution in [2.45, 2.75) is 51.4 Å². The Morgan fingerprint density at radius 3 is 0.758 bits per heavy atom. The Bertz CT molecular complexity index is 991. The fourth-order valence-corrected chi connectivity index (χ4v) is 6.69. The molecule has 4 rings (SSSR count). The van der Waals surface area contributed by atoms with Gasteiger partial charge in [0.15, 0.2) is 0 Å². The molecule has 0 aliphatic heterocycles. The first kappa shape index (κ1) is 23.1. The highest BCUT2D eigenvalue weighted by Gasteiger charge is 2.40. The molecule has 0 saturated heterocycles. The van der Waals surface area contributed by atoms with Crippen LogP contribution in [0.2, 0.25) is 0 Å². The predicted octanol–water partition coefficient (Wildman–Crippen LogP) is 8.92. The summed E-state index contributed by atoms with van der Waals surface area (Å²) >= 11 is 0. The maximum Gasteiger partial charge on any atom is 0.0925 e. The lowest BCUT2D eigenvalue weighted by molar-refractivity contribution is 0.960. The van der Waals surface area contributed by atoms with Crippen molar-refractivity contribution in [1.29, 1.82) is 0 Å². The molecule has 1 heteroatoms. The Labute approximate surface area is 200 Å². The van der Waals surface area contributed by atoms with Gasteiger partial charge in [-0.1, -0.05) is 122 Å². The second kappa shape index (κ2) is 8.71. The number of hydrogen-bond donors (Lipinski definition) is 0. The molecule has 0 aromatic heterocycles. The van der Waals surface area contributed by atoms with Crippen LogP contribution in [0, 0.1) is 0 Å². The van der Waals surface area contributed by atoms with Gasteiger partial charge in [-0.2, -0.15) is 0 Å². The van der Waals surface area contributed by atoms with E-state index in [1.807, 2.05) is 0 Å². The SMILES string of the molecule is C=C1C=C([B-](C2=CC(=C)CC(=C)C2)(C2=CC(=C)CC(=C)C2)C2=CC(=C)CC(=C)C2)CC(=C)C1. The molecule has 4 aliphatic rings. The van der Waals surface area contributed by atoms with E-state index in [9.17, 15) is 0 Å². The second-order valence-corrected chi connectivity index (χ2v) is 10.8. The van der Waals surface area contributed by atoms with Crippen molar-refractivity contribution < 1.29 is 0 Å². The molecule has 0 aromatic carbocycles. The Morgan fingerprint density at radius 2 is 0.576 bits per heavy atom. The highest BCUT2D eigenvalue weighted by atomic mass is 14.3. The van der Waals surface area contributed by atoms with Crippen LogP contribution in [0.3, 0.4) is 0 Å². The van der Waals surface area contributed by atoms with E-state index in [1.165, 1.54) is 44.2 Å². The molecule has 0 bridgehead atoms. The highest BCUT2D eigenvalue weighted by Crippen LogP contribution is 2.52. The van der Waals surface area contributed by atoms with Crippen molar-refractivity contribution >= 4 is 6.15 Å².